The van der Waals surface area contributed by atoms with E-state index in [-0.39, 0.29) is 11.8 Å². The molecule has 4 heteroatoms. The van der Waals surface area contributed by atoms with Crippen LogP contribution >= 0.6 is 0 Å². The molecular weight excluding hydrogens is 167 g/mol. The molecule has 2 fully saturated rings. The van der Waals surface area contributed by atoms with Gasteiger partial charge in [-0.1, -0.05) is 6.42 Å². The van der Waals surface area contributed by atoms with E-state index in [9.17, 15) is 13.2 Å². The highest BCUT2D eigenvalue weighted by atomic mass is 19.4. The molecule has 0 heterocycles. The molecule has 0 aliphatic heterocycles. The smallest absolute Gasteiger partial charge is 0.324 e. The van der Waals surface area contributed by atoms with Crippen LogP contribution in [0.1, 0.15) is 25.7 Å². The highest BCUT2D eigenvalue weighted by Crippen LogP contribution is 2.62. The molecule has 2 aliphatic rings. The number of alkyl halides is 3. The van der Waals surface area contributed by atoms with E-state index >= 15 is 0 Å². The van der Waals surface area contributed by atoms with Gasteiger partial charge in [0.15, 0.2) is 0 Å². The highest BCUT2D eigenvalue weighted by molar-refractivity contribution is 5.18. The van der Waals surface area contributed by atoms with Gasteiger partial charge in [0.25, 0.3) is 0 Å². The fourth-order valence-electron chi connectivity index (χ4n) is 2.74. The Kier molecular flexibility index (Phi) is 1.50. The Labute approximate surface area is 69.1 Å². The fraction of sp³-hybridized carbons (Fsp3) is 1.00. The summed E-state index contributed by atoms with van der Waals surface area (Å²) in [6.07, 6.45) is -2.00. The molecule has 1 nitrogen and oxygen atoms in total. The highest BCUT2D eigenvalue weighted by Gasteiger charge is 2.66. The van der Waals surface area contributed by atoms with Gasteiger partial charge in [0, 0.05) is 5.54 Å². The minimum atomic E-state index is -4.08. The number of hydrogen-bond donors (Lipinski definition) is 1. The number of rotatable bonds is 1. The summed E-state index contributed by atoms with van der Waals surface area (Å²) < 4.78 is 36.1. The van der Waals surface area contributed by atoms with E-state index in [4.69, 9.17) is 5.73 Å². The molecule has 2 unspecified atom stereocenters. The van der Waals surface area contributed by atoms with Crippen LogP contribution in [-0.4, -0.2) is 11.7 Å². The van der Waals surface area contributed by atoms with Crippen molar-refractivity contribution in [1.82, 2.24) is 0 Å². The normalized spacial score (nSPS) is 46.0. The van der Waals surface area contributed by atoms with Gasteiger partial charge in [-0.2, -0.15) is 13.2 Å². The summed E-state index contributed by atoms with van der Waals surface area (Å²) in [7, 11) is 0. The maximum Gasteiger partial charge on any atom is 0.390 e. The van der Waals surface area contributed by atoms with E-state index in [1.54, 1.807) is 0 Å². The summed E-state index contributed by atoms with van der Waals surface area (Å²) in [4.78, 5) is 0. The van der Waals surface area contributed by atoms with Crippen LogP contribution in [0.15, 0.2) is 0 Å². The molecule has 0 spiro atoms. The van der Waals surface area contributed by atoms with Gasteiger partial charge in [0.2, 0.25) is 0 Å². The molecule has 2 rings (SSSR count). The Morgan fingerprint density at radius 1 is 1.25 bits per heavy atom. The lowest BCUT2D eigenvalue weighted by molar-refractivity contribution is -0.142. The topological polar surface area (TPSA) is 26.0 Å². The van der Waals surface area contributed by atoms with E-state index in [1.807, 2.05) is 0 Å². The van der Waals surface area contributed by atoms with Crippen LogP contribution < -0.4 is 5.73 Å². The van der Waals surface area contributed by atoms with E-state index in [0.29, 0.717) is 0 Å². The molecule has 0 radical (unpaired) electrons. The SMILES string of the molecule is NC1(CC(F)(F)F)C2CCCC21. The molecule has 0 saturated heterocycles. The Morgan fingerprint density at radius 3 is 2.17 bits per heavy atom. The number of nitrogens with two attached hydrogens (primary N) is 1. The Bertz CT molecular complexity index is 189. The Hall–Kier alpha value is -0.250. The third kappa shape index (κ3) is 1.13. The third-order valence-electron chi connectivity index (χ3n) is 3.29. The van der Waals surface area contributed by atoms with Gasteiger partial charge in [0.05, 0.1) is 6.42 Å². The monoisotopic (exact) mass is 179 g/mol. The van der Waals surface area contributed by atoms with Gasteiger partial charge in [0.1, 0.15) is 0 Å². The molecule has 0 aromatic carbocycles. The molecule has 0 aromatic rings. The second kappa shape index (κ2) is 2.16. The van der Waals surface area contributed by atoms with Crippen molar-refractivity contribution in [3.8, 4) is 0 Å². The number of hydrogen-bond acceptors (Lipinski definition) is 1. The molecule has 0 aromatic heterocycles. The van der Waals surface area contributed by atoms with Crippen molar-refractivity contribution in [3.63, 3.8) is 0 Å². The first-order chi connectivity index (χ1) is 5.43. The van der Waals surface area contributed by atoms with Crippen molar-refractivity contribution in [1.29, 1.82) is 0 Å². The Morgan fingerprint density at radius 2 is 1.75 bits per heavy atom. The summed E-state index contributed by atoms with van der Waals surface area (Å²) in [5, 5.41) is 0. The van der Waals surface area contributed by atoms with Crippen molar-refractivity contribution >= 4 is 0 Å². The van der Waals surface area contributed by atoms with Crippen LogP contribution in [0.3, 0.4) is 0 Å². The maximum absolute atomic E-state index is 12.0. The van der Waals surface area contributed by atoms with Gasteiger partial charge in [-0.25, -0.2) is 0 Å². The average molecular weight is 179 g/mol. The van der Waals surface area contributed by atoms with Crippen LogP contribution in [0.2, 0.25) is 0 Å². The molecule has 70 valence electrons. The Balaban J connectivity index is 1.98. The largest absolute Gasteiger partial charge is 0.390 e. The predicted octanol–water partition coefficient (Wildman–Crippen LogP) is 2.07. The molecule has 2 aliphatic carbocycles. The van der Waals surface area contributed by atoms with Crippen molar-refractivity contribution in [2.75, 3.05) is 0 Å². The van der Waals surface area contributed by atoms with Gasteiger partial charge < -0.3 is 5.73 Å². The lowest BCUT2D eigenvalue weighted by Crippen LogP contribution is -2.34. The molecule has 0 amide bonds. The second-order valence-corrected chi connectivity index (χ2v) is 4.05. The lowest BCUT2D eigenvalue weighted by Gasteiger charge is -2.16. The lowest BCUT2D eigenvalue weighted by atomic mass is 10.0. The van der Waals surface area contributed by atoms with E-state index in [1.165, 1.54) is 0 Å². The summed E-state index contributed by atoms with van der Waals surface area (Å²) in [6.45, 7) is 0. The van der Waals surface area contributed by atoms with Crippen LogP contribution in [0.4, 0.5) is 13.2 Å². The molecular formula is C8H12F3N. The van der Waals surface area contributed by atoms with Crippen LogP contribution in [0.25, 0.3) is 0 Å². The minimum Gasteiger partial charge on any atom is -0.324 e. The van der Waals surface area contributed by atoms with E-state index in [0.717, 1.165) is 19.3 Å². The number of halogens is 3. The van der Waals surface area contributed by atoms with Crippen molar-refractivity contribution in [2.24, 2.45) is 17.6 Å². The number of fused-ring (bicyclic) bond motifs is 1. The van der Waals surface area contributed by atoms with Gasteiger partial charge >= 0.3 is 6.18 Å². The molecule has 2 saturated carbocycles. The quantitative estimate of drug-likeness (QED) is 0.655. The minimum absolute atomic E-state index is 0.166. The van der Waals surface area contributed by atoms with Gasteiger partial charge in [-0.05, 0) is 24.7 Å². The van der Waals surface area contributed by atoms with Crippen LogP contribution in [0.5, 0.6) is 0 Å². The average Bonchev–Trinajstić information content (AvgIpc) is 2.33. The molecule has 0 bridgehead atoms. The van der Waals surface area contributed by atoms with Crippen molar-refractivity contribution in [2.45, 2.75) is 37.4 Å². The summed E-state index contributed by atoms with van der Waals surface area (Å²) in [5.41, 5.74) is 4.78. The summed E-state index contributed by atoms with van der Waals surface area (Å²) >= 11 is 0. The van der Waals surface area contributed by atoms with E-state index in [2.05, 4.69) is 0 Å². The van der Waals surface area contributed by atoms with Crippen molar-refractivity contribution < 1.29 is 13.2 Å². The zero-order valence-electron chi connectivity index (χ0n) is 6.69. The zero-order valence-corrected chi connectivity index (χ0v) is 6.69. The summed E-state index contributed by atoms with van der Waals surface area (Å²) in [6, 6.07) is 0. The van der Waals surface area contributed by atoms with Gasteiger partial charge in [-0.3, -0.25) is 0 Å². The first-order valence-corrected chi connectivity index (χ1v) is 4.29. The van der Waals surface area contributed by atoms with Gasteiger partial charge in [-0.15, -0.1) is 0 Å². The van der Waals surface area contributed by atoms with E-state index < -0.39 is 18.1 Å². The molecule has 2 N–H and O–H groups in total. The standard InChI is InChI=1S/C8H12F3N/c9-8(10,11)4-7(12)5-2-1-3-6(5)7/h5-6H,1-4,12H2. The van der Waals surface area contributed by atoms with Crippen LogP contribution in [0, 0.1) is 11.8 Å². The molecule has 12 heavy (non-hydrogen) atoms. The maximum atomic E-state index is 12.0. The molecule has 2 atom stereocenters. The zero-order chi connectivity index (χ0) is 8.98. The first-order valence-electron chi connectivity index (χ1n) is 4.29. The summed E-state index contributed by atoms with van der Waals surface area (Å²) in [5.74, 6) is 0.332. The fourth-order valence-corrected chi connectivity index (χ4v) is 2.74. The second-order valence-electron chi connectivity index (χ2n) is 4.05. The van der Waals surface area contributed by atoms with Crippen LogP contribution in [-0.2, 0) is 0 Å². The first kappa shape index (κ1) is 8.35. The van der Waals surface area contributed by atoms with Crippen molar-refractivity contribution in [3.05, 3.63) is 0 Å². The predicted molar refractivity (Wildman–Crippen MR) is 38.4 cm³/mol. The third-order valence-corrected chi connectivity index (χ3v) is 3.29.